The highest BCUT2D eigenvalue weighted by Gasteiger charge is 2.35. The molecule has 2 nitrogen and oxygen atoms in total. The average molecular weight is 174 g/mol. The molecule has 0 radical (unpaired) electrons. The molecule has 0 amide bonds. The van der Waals surface area contributed by atoms with Gasteiger partial charge in [0.05, 0.1) is 5.56 Å². The van der Waals surface area contributed by atoms with E-state index in [2.05, 4.69) is 0 Å². The monoisotopic (exact) mass is 174 g/mol. The molecule has 12 heavy (non-hydrogen) atoms. The Morgan fingerprint density at radius 3 is 2.42 bits per heavy atom. The first-order valence-corrected chi connectivity index (χ1v) is 3.12. The molecule has 0 saturated carbocycles. The third-order valence-electron chi connectivity index (χ3n) is 1.47. The predicted molar refractivity (Wildman–Crippen MR) is 35.2 cm³/mol. The Bertz CT molecular complexity index is 329. The molecule has 0 unspecified atom stereocenters. The zero-order valence-electron chi connectivity index (χ0n) is 6.16. The lowest BCUT2D eigenvalue weighted by atomic mass is 10.2. The van der Waals surface area contributed by atoms with Crippen LogP contribution >= 0.6 is 0 Å². The van der Waals surface area contributed by atoms with Crippen LogP contribution in [0.3, 0.4) is 0 Å². The van der Waals surface area contributed by atoms with Crippen LogP contribution in [-0.4, -0.2) is 4.98 Å². The van der Waals surface area contributed by atoms with E-state index < -0.39 is 11.9 Å². The molecule has 0 saturated heterocycles. The summed E-state index contributed by atoms with van der Waals surface area (Å²) < 4.78 is 36.2. The molecule has 0 aliphatic rings. The van der Waals surface area contributed by atoms with E-state index in [1.807, 2.05) is 4.98 Å². The van der Waals surface area contributed by atoms with Crippen molar-refractivity contribution in [1.29, 1.82) is 5.26 Å². The fraction of sp³-hybridized carbons (Fsp3) is 0.286. The number of halogens is 3. The summed E-state index contributed by atoms with van der Waals surface area (Å²) in [5.41, 5.74) is -0.991. The molecular weight excluding hydrogens is 169 g/mol. The zero-order chi connectivity index (χ0) is 9.35. The van der Waals surface area contributed by atoms with Crippen LogP contribution in [0.1, 0.15) is 16.8 Å². The maximum Gasteiger partial charge on any atom is 0.432 e. The highest BCUT2D eigenvalue weighted by Crippen LogP contribution is 2.31. The Kier molecular flexibility index (Phi) is 1.84. The van der Waals surface area contributed by atoms with Crippen LogP contribution in [-0.2, 0) is 6.18 Å². The molecule has 0 aliphatic carbocycles. The molecular formula is C7H5F3N2. The number of hydrogen-bond donors (Lipinski definition) is 1. The van der Waals surface area contributed by atoms with E-state index in [1.54, 1.807) is 0 Å². The smallest absolute Gasteiger partial charge is 0.356 e. The number of hydrogen-bond acceptors (Lipinski definition) is 1. The maximum absolute atomic E-state index is 12.1. The Morgan fingerprint density at radius 2 is 2.08 bits per heavy atom. The summed E-state index contributed by atoms with van der Waals surface area (Å²) in [5.74, 6) is 0. The number of H-pyrrole nitrogens is 1. The standard InChI is InChI=1S/C7H5F3N2/c1-4-3-12-6(5(4)2-11)7(8,9)10/h3,12H,1H3. The van der Waals surface area contributed by atoms with Crippen LogP contribution in [0.2, 0.25) is 0 Å². The van der Waals surface area contributed by atoms with Crippen molar-refractivity contribution in [2.45, 2.75) is 13.1 Å². The Labute approximate surface area is 66.6 Å². The molecule has 0 spiro atoms. The molecule has 1 aromatic rings. The summed E-state index contributed by atoms with van der Waals surface area (Å²) in [6.07, 6.45) is -3.30. The van der Waals surface area contributed by atoms with Gasteiger partial charge in [0.25, 0.3) is 0 Å². The zero-order valence-corrected chi connectivity index (χ0v) is 6.16. The van der Waals surface area contributed by atoms with Gasteiger partial charge in [0.2, 0.25) is 0 Å². The predicted octanol–water partition coefficient (Wildman–Crippen LogP) is 2.21. The van der Waals surface area contributed by atoms with Gasteiger partial charge in [-0.3, -0.25) is 0 Å². The first kappa shape index (κ1) is 8.65. The number of nitrogens with zero attached hydrogens (tertiary/aromatic N) is 1. The van der Waals surface area contributed by atoms with Crippen molar-refractivity contribution in [3.05, 3.63) is 23.0 Å². The third-order valence-corrected chi connectivity index (χ3v) is 1.47. The maximum atomic E-state index is 12.1. The Balaban J connectivity index is 3.28. The quantitative estimate of drug-likeness (QED) is 0.643. The molecule has 5 heteroatoms. The minimum absolute atomic E-state index is 0.310. The van der Waals surface area contributed by atoms with Crippen LogP contribution < -0.4 is 0 Å². The fourth-order valence-electron chi connectivity index (χ4n) is 0.890. The molecule has 1 rings (SSSR count). The second kappa shape index (κ2) is 2.55. The molecule has 0 atom stereocenters. The third kappa shape index (κ3) is 1.28. The van der Waals surface area contributed by atoms with Gasteiger partial charge >= 0.3 is 6.18 Å². The van der Waals surface area contributed by atoms with Crippen LogP contribution in [0.5, 0.6) is 0 Å². The first-order chi connectivity index (χ1) is 5.46. The number of rotatable bonds is 0. The Hall–Kier alpha value is -1.44. The number of nitrogens with one attached hydrogen (secondary N) is 1. The highest BCUT2D eigenvalue weighted by molar-refractivity contribution is 5.41. The summed E-state index contributed by atoms with van der Waals surface area (Å²) >= 11 is 0. The van der Waals surface area contributed by atoms with Gasteiger partial charge in [-0.15, -0.1) is 0 Å². The summed E-state index contributed by atoms with van der Waals surface area (Å²) in [7, 11) is 0. The lowest BCUT2D eigenvalue weighted by Crippen LogP contribution is -2.07. The lowest BCUT2D eigenvalue weighted by Gasteiger charge is -2.02. The van der Waals surface area contributed by atoms with Gasteiger partial charge in [-0.25, -0.2) is 0 Å². The average Bonchev–Trinajstić information content (AvgIpc) is 2.29. The van der Waals surface area contributed by atoms with Crippen LogP contribution in [0.25, 0.3) is 0 Å². The van der Waals surface area contributed by atoms with Crippen LogP contribution in [0.4, 0.5) is 13.2 Å². The van der Waals surface area contributed by atoms with Crippen LogP contribution in [0.15, 0.2) is 6.20 Å². The van der Waals surface area contributed by atoms with Gasteiger partial charge in [-0.2, -0.15) is 18.4 Å². The molecule has 1 N–H and O–H groups in total. The van der Waals surface area contributed by atoms with E-state index in [4.69, 9.17) is 5.26 Å². The second-order valence-electron chi connectivity index (χ2n) is 2.33. The minimum atomic E-state index is -4.47. The van der Waals surface area contributed by atoms with Gasteiger partial charge in [-0.05, 0) is 12.5 Å². The van der Waals surface area contributed by atoms with E-state index in [-0.39, 0.29) is 5.56 Å². The van der Waals surface area contributed by atoms with Crippen molar-refractivity contribution in [2.24, 2.45) is 0 Å². The fourth-order valence-corrected chi connectivity index (χ4v) is 0.890. The largest absolute Gasteiger partial charge is 0.432 e. The normalized spacial score (nSPS) is 11.2. The molecule has 64 valence electrons. The SMILES string of the molecule is Cc1c[nH]c(C(F)(F)F)c1C#N. The van der Waals surface area contributed by atoms with E-state index in [0.29, 0.717) is 5.56 Å². The van der Waals surface area contributed by atoms with E-state index in [1.165, 1.54) is 19.2 Å². The van der Waals surface area contributed by atoms with Crippen molar-refractivity contribution in [3.8, 4) is 6.07 Å². The molecule has 0 bridgehead atoms. The van der Waals surface area contributed by atoms with Crippen molar-refractivity contribution in [3.63, 3.8) is 0 Å². The van der Waals surface area contributed by atoms with Gasteiger partial charge in [0.15, 0.2) is 0 Å². The van der Waals surface area contributed by atoms with E-state index >= 15 is 0 Å². The summed E-state index contributed by atoms with van der Waals surface area (Å²) in [6.45, 7) is 1.45. The number of nitriles is 1. The van der Waals surface area contributed by atoms with Gasteiger partial charge < -0.3 is 4.98 Å². The number of aromatic nitrogens is 1. The minimum Gasteiger partial charge on any atom is -0.356 e. The van der Waals surface area contributed by atoms with Crippen molar-refractivity contribution < 1.29 is 13.2 Å². The summed E-state index contributed by atoms with van der Waals surface area (Å²) in [6, 6.07) is 1.50. The summed E-state index contributed by atoms with van der Waals surface area (Å²) in [4.78, 5) is 2.02. The molecule has 1 aromatic heterocycles. The number of aryl methyl sites for hydroxylation is 1. The van der Waals surface area contributed by atoms with Gasteiger partial charge in [0, 0.05) is 6.20 Å². The molecule has 1 heterocycles. The lowest BCUT2D eigenvalue weighted by molar-refractivity contribution is -0.141. The van der Waals surface area contributed by atoms with E-state index in [9.17, 15) is 13.2 Å². The highest BCUT2D eigenvalue weighted by atomic mass is 19.4. The van der Waals surface area contributed by atoms with E-state index in [0.717, 1.165) is 0 Å². The van der Waals surface area contributed by atoms with Gasteiger partial charge in [0.1, 0.15) is 11.8 Å². The Morgan fingerprint density at radius 1 is 1.50 bits per heavy atom. The second-order valence-corrected chi connectivity index (χ2v) is 2.33. The number of aromatic amines is 1. The van der Waals surface area contributed by atoms with Crippen molar-refractivity contribution in [1.82, 2.24) is 4.98 Å². The van der Waals surface area contributed by atoms with Crippen LogP contribution in [0, 0.1) is 18.3 Å². The molecule has 0 aliphatic heterocycles. The molecule has 0 fully saturated rings. The topological polar surface area (TPSA) is 39.6 Å². The van der Waals surface area contributed by atoms with Crippen molar-refractivity contribution in [2.75, 3.05) is 0 Å². The van der Waals surface area contributed by atoms with Crippen molar-refractivity contribution >= 4 is 0 Å². The molecule has 0 aromatic carbocycles. The summed E-state index contributed by atoms with van der Waals surface area (Å²) in [5, 5.41) is 8.38. The number of alkyl halides is 3. The van der Waals surface area contributed by atoms with Gasteiger partial charge in [-0.1, -0.05) is 0 Å². The first-order valence-electron chi connectivity index (χ1n) is 3.12.